The van der Waals surface area contributed by atoms with Crippen LogP contribution in [0.4, 0.5) is 4.79 Å². The molecule has 0 unspecified atom stereocenters. The van der Waals surface area contributed by atoms with Gasteiger partial charge in [-0.05, 0) is 37.6 Å². The number of esters is 1. The Hall–Kier alpha value is -2.87. The van der Waals surface area contributed by atoms with E-state index in [0.29, 0.717) is 11.6 Å². The molecule has 27 heavy (non-hydrogen) atoms. The Labute approximate surface area is 161 Å². The van der Waals surface area contributed by atoms with Crippen LogP contribution in [0, 0.1) is 6.92 Å². The fraction of sp³-hybridized carbons (Fsp3) is 0.263. The second kappa shape index (κ2) is 10.3. The van der Waals surface area contributed by atoms with Crippen molar-refractivity contribution >= 4 is 29.7 Å². The minimum Gasteiger partial charge on any atom is -0.452 e. The highest BCUT2D eigenvalue weighted by Crippen LogP contribution is 2.29. The normalized spacial score (nSPS) is 10.1. The predicted molar refractivity (Wildman–Crippen MR) is 102 cm³/mol. The third-order valence-corrected chi connectivity index (χ3v) is 4.38. The molecule has 1 aromatic heterocycles. The summed E-state index contributed by atoms with van der Waals surface area (Å²) in [4.78, 5) is 40.6. The van der Waals surface area contributed by atoms with Gasteiger partial charge in [-0.2, -0.15) is 0 Å². The van der Waals surface area contributed by atoms with E-state index in [1.807, 2.05) is 38.1 Å². The van der Waals surface area contributed by atoms with Gasteiger partial charge >= 0.3 is 12.0 Å². The Morgan fingerprint density at radius 3 is 2.59 bits per heavy atom. The van der Waals surface area contributed by atoms with Crippen molar-refractivity contribution in [2.75, 3.05) is 13.2 Å². The van der Waals surface area contributed by atoms with Crippen molar-refractivity contribution in [2.24, 2.45) is 0 Å². The number of amides is 3. The summed E-state index contributed by atoms with van der Waals surface area (Å²) >= 11 is 1.33. The molecule has 0 saturated heterocycles. The third kappa shape index (κ3) is 6.74. The number of pyridine rings is 1. The zero-order valence-corrected chi connectivity index (χ0v) is 16.0. The lowest BCUT2D eigenvalue weighted by Gasteiger charge is -2.09. The number of imide groups is 1. The highest BCUT2D eigenvalue weighted by Gasteiger charge is 2.17. The van der Waals surface area contributed by atoms with Gasteiger partial charge in [-0.15, -0.1) is 0 Å². The van der Waals surface area contributed by atoms with E-state index >= 15 is 0 Å². The molecular weight excluding hydrogens is 366 g/mol. The number of urea groups is 1. The SMILES string of the molecule is CCCNC(=O)NC(=O)COC(=O)c1cccnc1Sc1ccc(C)cc1. The summed E-state index contributed by atoms with van der Waals surface area (Å²) in [5, 5.41) is 5.07. The van der Waals surface area contributed by atoms with Crippen molar-refractivity contribution in [1.29, 1.82) is 0 Å². The molecule has 0 aliphatic rings. The molecule has 0 saturated carbocycles. The average Bonchev–Trinajstić information content (AvgIpc) is 2.66. The molecule has 0 aliphatic heterocycles. The second-order valence-corrected chi connectivity index (χ2v) is 6.71. The third-order valence-electron chi connectivity index (χ3n) is 3.35. The van der Waals surface area contributed by atoms with Crippen LogP contribution < -0.4 is 10.6 Å². The van der Waals surface area contributed by atoms with Crippen LogP contribution in [0.3, 0.4) is 0 Å². The zero-order valence-electron chi connectivity index (χ0n) is 15.2. The van der Waals surface area contributed by atoms with Crippen molar-refractivity contribution in [3.8, 4) is 0 Å². The summed E-state index contributed by atoms with van der Waals surface area (Å²) in [7, 11) is 0. The summed E-state index contributed by atoms with van der Waals surface area (Å²) in [6.45, 7) is 3.78. The first-order valence-electron chi connectivity index (χ1n) is 8.44. The van der Waals surface area contributed by atoms with Crippen LogP contribution in [0.1, 0.15) is 29.3 Å². The van der Waals surface area contributed by atoms with E-state index in [-0.39, 0.29) is 5.56 Å². The number of benzene rings is 1. The van der Waals surface area contributed by atoms with E-state index < -0.39 is 24.5 Å². The first-order valence-corrected chi connectivity index (χ1v) is 9.25. The van der Waals surface area contributed by atoms with Crippen LogP contribution in [0.25, 0.3) is 0 Å². The number of hydrogen-bond acceptors (Lipinski definition) is 6. The van der Waals surface area contributed by atoms with Crippen molar-refractivity contribution in [3.05, 3.63) is 53.7 Å². The smallest absolute Gasteiger partial charge is 0.341 e. The molecular formula is C19H21N3O4S. The van der Waals surface area contributed by atoms with Crippen molar-refractivity contribution < 1.29 is 19.1 Å². The molecule has 2 aromatic rings. The largest absolute Gasteiger partial charge is 0.452 e. The van der Waals surface area contributed by atoms with E-state index in [1.165, 1.54) is 11.8 Å². The first kappa shape index (κ1) is 20.4. The van der Waals surface area contributed by atoms with Gasteiger partial charge in [0.1, 0.15) is 5.03 Å². The monoisotopic (exact) mass is 387 g/mol. The first-order chi connectivity index (χ1) is 13.0. The number of nitrogens with one attached hydrogen (secondary N) is 2. The highest BCUT2D eigenvalue weighted by molar-refractivity contribution is 7.99. The Morgan fingerprint density at radius 1 is 1.15 bits per heavy atom. The maximum Gasteiger partial charge on any atom is 0.341 e. The molecule has 0 spiro atoms. The molecule has 142 valence electrons. The van der Waals surface area contributed by atoms with Gasteiger partial charge in [0.2, 0.25) is 0 Å². The number of aromatic nitrogens is 1. The van der Waals surface area contributed by atoms with Gasteiger partial charge in [0.15, 0.2) is 6.61 Å². The van der Waals surface area contributed by atoms with Crippen LogP contribution in [0.2, 0.25) is 0 Å². The van der Waals surface area contributed by atoms with Crippen molar-refractivity contribution in [1.82, 2.24) is 15.6 Å². The molecule has 0 bridgehead atoms. The van der Waals surface area contributed by atoms with Gasteiger partial charge in [-0.1, -0.05) is 36.4 Å². The number of hydrogen-bond donors (Lipinski definition) is 2. The standard InChI is InChI=1S/C19H21N3O4S/c1-3-10-21-19(25)22-16(23)12-26-18(24)15-5-4-11-20-17(15)27-14-8-6-13(2)7-9-14/h4-9,11H,3,10,12H2,1-2H3,(H2,21,22,23,25). The molecule has 0 radical (unpaired) electrons. The predicted octanol–water partition coefficient (Wildman–Crippen LogP) is 2.93. The molecule has 2 N–H and O–H groups in total. The molecule has 2 rings (SSSR count). The van der Waals surface area contributed by atoms with Gasteiger partial charge in [-0.3, -0.25) is 10.1 Å². The van der Waals surface area contributed by atoms with E-state index in [1.54, 1.807) is 18.3 Å². The summed E-state index contributed by atoms with van der Waals surface area (Å²) in [6.07, 6.45) is 2.33. The minimum atomic E-state index is -0.700. The summed E-state index contributed by atoms with van der Waals surface area (Å²) in [6, 6.07) is 10.4. The van der Waals surface area contributed by atoms with E-state index in [9.17, 15) is 14.4 Å². The lowest BCUT2D eigenvalue weighted by molar-refractivity contribution is -0.123. The summed E-state index contributed by atoms with van der Waals surface area (Å²) < 4.78 is 5.01. The van der Waals surface area contributed by atoms with Crippen LogP contribution in [0.15, 0.2) is 52.5 Å². The Morgan fingerprint density at radius 2 is 1.89 bits per heavy atom. The van der Waals surface area contributed by atoms with E-state index in [0.717, 1.165) is 16.9 Å². The van der Waals surface area contributed by atoms with Crippen molar-refractivity contribution in [2.45, 2.75) is 30.2 Å². The maximum atomic E-state index is 12.3. The zero-order chi connectivity index (χ0) is 19.6. The molecule has 1 aromatic carbocycles. The number of nitrogens with zero attached hydrogens (tertiary/aromatic N) is 1. The van der Waals surface area contributed by atoms with Crippen LogP contribution in [-0.4, -0.2) is 36.0 Å². The molecule has 3 amide bonds. The molecule has 8 heteroatoms. The number of aryl methyl sites for hydroxylation is 1. The Kier molecular flexibility index (Phi) is 7.81. The van der Waals surface area contributed by atoms with Gasteiger partial charge in [0.25, 0.3) is 5.91 Å². The van der Waals surface area contributed by atoms with Gasteiger partial charge in [0.05, 0.1) is 5.56 Å². The van der Waals surface area contributed by atoms with Crippen molar-refractivity contribution in [3.63, 3.8) is 0 Å². The molecule has 1 heterocycles. The molecule has 0 aliphatic carbocycles. The fourth-order valence-electron chi connectivity index (χ4n) is 2.00. The van der Waals surface area contributed by atoms with Gasteiger partial charge in [-0.25, -0.2) is 14.6 Å². The Bertz CT molecular complexity index is 809. The topological polar surface area (TPSA) is 97.4 Å². The quantitative estimate of drug-likeness (QED) is 0.709. The molecule has 0 atom stereocenters. The van der Waals surface area contributed by atoms with Gasteiger partial charge in [0, 0.05) is 17.6 Å². The second-order valence-electron chi connectivity index (χ2n) is 5.65. The maximum absolute atomic E-state index is 12.3. The lowest BCUT2D eigenvalue weighted by atomic mass is 10.2. The summed E-state index contributed by atoms with van der Waals surface area (Å²) in [5.74, 6) is -1.38. The summed E-state index contributed by atoms with van der Waals surface area (Å²) in [5.41, 5.74) is 1.39. The van der Waals surface area contributed by atoms with Crippen LogP contribution >= 0.6 is 11.8 Å². The fourth-order valence-corrected chi connectivity index (χ4v) is 2.87. The van der Waals surface area contributed by atoms with E-state index in [4.69, 9.17) is 4.74 Å². The average molecular weight is 387 g/mol. The number of carbonyl (C=O) groups excluding carboxylic acids is 3. The number of ether oxygens (including phenoxy) is 1. The minimum absolute atomic E-state index is 0.256. The molecule has 7 nitrogen and oxygen atoms in total. The highest BCUT2D eigenvalue weighted by atomic mass is 32.2. The Balaban J connectivity index is 1.95. The van der Waals surface area contributed by atoms with Crippen LogP contribution in [-0.2, 0) is 9.53 Å². The van der Waals surface area contributed by atoms with Gasteiger partial charge < -0.3 is 10.1 Å². The molecule has 0 fully saturated rings. The number of rotatable bonds is 7. The number of carbonyl (C=O) groups is 3. The van der Waals surface area contributed by atoms with E-state index in [2.05, 4.69) is 15.6 Å². The van der Waals surface area contributed by atoms with Crippen LogP contribution in [0.5, 0.6) is 0 Å². The lowest BCUT2D eigenvalue weighted by Crippen LogP contribution is -2.41.